The fraction of sp³-hybridized carbons (Fsp3) is 0.875. The van der Waals surface area contributed by atoms with Crippen LogP contribution in [0.1, 0.15) is 31.1 Å². The van der Waals surface area contributed by atoms with Crippen LogP contribution in [0.25, 0.3) is 0 Å². The molecule has 2 heteroatoms. The Hall–Kier alpha value is -0.370. The zero-order chi connectivity index (χ0) is 10.7. The third-order valence-corrected chi connectivity index (χ3v) is 2.29. The molecule has 56 valence electrons. The average molecular weight is 143 g/mol. The second kappa shape index (κ2) is 2.06. The van der Waals surface area contributed by atoms with E-state index in [0.717, 1.165) is 0 Å². The number of carbonyl (C=O) groups excluding carboxylic acids is 1. The lowest BCUT2D eigenvalue weighted by molar-refractivity contribution is -0.123. The number of piperidine rings is 1. The van der Waals surface area contributed by atoms with Gasteiger partial charge >= 0.3 is 0 Å². The van der Waals surface area contributed by atoms with Crippen LogP contribution in [0, 0.1) is 0 Å². The van der Waals surface area contributed by atoms with Crippen molar-refractivity contribution in [2.75, 3.05) is 7.05 Å². The normalized spacial score (nSPS) is 56.7. The van der Waals surface area contributed by atoms with E-state index in [1.54, 1.807) is 11.9 Å². The van der Waals surface area contributed by atoms with Gasteiger partial charge in [0.25, 0.3) is 0 Å². The zero-order valence-corrected chi connectivity index (χ0v) is 5.92. The molecule has 0 radical (unpaired) electrons. The smallest absolute Gasteiger partial charge is 0.136 e. The third-order valence-electron chi connectivity index (χ3n) is 2.29. The molecule has 2 fully saturated rings. The fourth-order valence-corrected chi connectivity index (χ4v) is 1.63. The Labute approximate surface area is 66.8 Å². The highest BCUT2D eigenvalue weighted by molar-refractivity contribution is 5.80. The summed E-state index contributed by atoms with van der Waals surface area (Å²) in [4.78, 5) is 13.3. The first-order chi connectivity index (χ1) is 6.29. The maximum atomic E-state index is 11.6. The Balaban J connectivity index is 2.48. The van der Waals surface area contributed by atoms with E-state index in [1.165, 1.54) is 0 Å². The van der Waals surface area contributed by atoms with Gasteiger partial charge in [0.1, 0.15) is 5.78 Å². The minimum atomic E-state index is -2.04. The van der Waals surface area contributed by atoms with E-state index in [0.29, 0.717) is 12.8 Å². The molecule has 0 aliphatic carbocycles. The van der Waals surface area contributed by atoms with Crippen LogP contribution >= 0.6 is 0 Å². The third kappa shape index (κ3) is 0.788. The molecule has 0 amide bonds. The summed E-state index contributed by atoms with van der Waals surface area (Å²) in [5.41, 5.74) is 0. The van der Waals surface area contributed by atoms with Crippen molar-refractivity contribution in [3.05, 3.63) is 0 Å². The van der Waals surface area contributed by atoms with Gasteiger partial charge in [0.05, 0.1) is 0 Å². The second-order valence-corrected chi connectivity index (χ2v) is 2.89. The van der Waals surface area contributed by atoms with E-state index in [2.05, 4.69) is 0 Å². The lowest BCUT2D eigenvalue weighted by atomic mass is 10.0. The Morgan fingerprint density at radius 1 is 1.50 bits per heavy atom. The molecule has 0 spiro atoms. The summed E-state index contributed by atoms with van der Waals surface area (Å²) < 4.78 is 30.6. The minimum Gasteiger partial charge on any atom is -0.300 e. The number of Topliss-reactive ketones (excluding diaryl/α,β-unsaturated/α-hetero) is 1. The maximum Gasteiger partial charge on any atom is 0.136 e. The van der Waals surface area contributed by atoms with E-state index in [9.17, 15) is 4.79 Å². The van der Waals surface area contributed by atoms with Gasteiger partial charge < -0.3 is 0 Å². The number of hydrogen-bond donors (Lipinski definition) is 0. The largest absolute Gasteiger partial charge is 0.300 e. The molecule has 0 N–H and O–H groups in total. The molecule has 0 aromatic rings. The summed E-state index contributed by atoms with van der Waals surface area (Å²) in [6, 6.07) is -0.882. The molecule has 0 aromatic carbocycles. The molecule has 2 atom stereocenters. The van der Waals surface area contributed by atoms with Crippen LogP contribution in [-0.4, -0.2) is 29.8 Å². The van der Waals surface area contributed by atoms with Crippen LogP contribution in [0.2, 0.25) is 0 Å². The quantitative estimate of drug-likeness (QED) is 0.500. The number of nitrogens with zero attached hydrogens (tertiary/aromatic N) is 1. The van der Waals surface area contributed by atoms with Crippen molar-refractivity contribution in [2.24, 2.45) is 0 Å². The van der Waals surface area contributed by atoms with Gasteiger partial charge in [-0.3, -0.25) is 9.69 Å². The van der Waals surface area contributed by atoms with Crippen molar-refractivity contribution < 1.29 is 10.3 Å². The van der Waals surface area contributed by atoms with Gasteiger partial charge in [-0.2, -0.15) is 0 Å². The van der Waals surface area contributed by atoms with Crippen molar-refractivity contribution in [1.29, 1.82) is 0 Å². The molecule has 2 unspecified atom stereocenters. The van der Waals surface area contributed by atoms with Gasteiger partial charge in [-0.1, -0.05) is 0 Å². The Bertz CT molecular complexity index is 265. The molecule has 2 bridgehead atoms. The number of rotatable bonds is 0. The molecule has 2 saturated heterocycles. The van der Waals surface area contributed by atoms with Gasteiger partial charge in [-0.25, -0.2) is 0 Å². The molecular weight excluding hydrogens is 126 g/mol. The summed E-state index contributed by atoms with van der Waals surface area (Å²) in [6.45, 7) is 0. The standard InChI is InChI=1S/C8H13NO/c1-9-6-2-3-7(9)5-8(10)4-6/h6-7H,2-5H2,1H3/i4D2,5D2. The summed E-state index contributed by atoms with van der Waals surface area (Å²) in [7, 11) is 1.70. The summed E-state index contributed by atoms with van der Waals surface area (Å²) in [5.74, 6) is -0.879. The molecule has 0 saturated carbocycles. The van der Waals surface area contributed by atoms with Crippen molar-refractivity contribution in [2.45, 2.75) is 37.7 Å². The van der Waals surface area contributed by atoms with E-state index < -0.39 is 30.6 Å². The van der Waals surface area contributed by atoms with E-state index in [1.807, 2.05) is 0 Å². The highest BCUT2D eigenvalue weighted by atomic mass is 16.1. The SMILES string of the molecule is [2H]C1([2H])C(=O)C([2H])([2H])C2CCC1N2C. The molecular formula is C8H13NO. The van der Waals surface area contributed by atoms with Crippen molar-refractivity contribution in [3.63, 3.8) is 0 Å². The van der Waals surface area contributed by atoms with Gasteiger partial charge in [0.15, 0.2) is 0 Å². The molecule has 2 rings (SSSR count). The average Bonchev–Trinajstić information content (AvgIpc) is 2.42. The monoisotopic (exact) mass is 143 g/mol. The first kappa shape index (κ1) is 3.35. The first-order valence-electron chi connectivity index (χ1n) is 5.56. The van der Waals surface area contributed by atoms with Crippen molar-refractivity contribution in [3.8, 4) is 0 Å². The van der Waals surface area contributed by atoms with E-state index in [4.69, 9.17) is 5.48 Å². The predicted molar refractivity (Wildman–Crippen MR) is 38.8 cm³/mol. The zero-order valence-electron chi connectivity index (χ0n) is 9.92. The first-order valence-corrected chi connectivity index (χ1v) is 3.56. The summed E-state index contributed by atoms with van der Waals surface area (Å²) in [6.07, 6.45) is -2.94. The molecule has 2 aliphatic rings. The van der Waals surface area contributed by atoms with E-state index >= 15 is 0 Å². The lowest BCUT2D eigenvalue weighted by Gasteiger charge is -2.29. The van der Waals surface area contributed by atoms with Crippen molar-refractivity contribution >= 4 is 5.78 Å². The lowest BCUT2D eigenvalue weighted by Crippen LogP contribution is -2.39. The summed E-state index contributed by atoms with van der Waals surface area (Å²) >= 11 is 0. The molecule has 0 aromatic heterocycles. The highest BCUT2D eigenvalue weighted by Crippen LogP contribution is 2.31. The van der Waals surface area contributed by atoms with Gasteiger partial charge in [-0.15, -0.1) is 0 Å². The van der Waals surface area contributed by atoms with Crippen LogP contribution in [0.4, 0.5) is 0 Å². The molecule has 2 heterocycles. The molecule has 2 aliphatic heterocycles. The summed E-state index contributed by atoms with van der Waals surface area (Å²) in [5, 5.41) is 0. The Kier molecular flexibility index (Phi) is 0.689. The van der Waals surface area contributed by atoms with Crippen molar-refractivity contribution in [1.82, 2.24) is 4.90 Å². The number of carbonyl (C=O) groups is 1. The maximum absolute atomic E-state index is 11.6. The van der Waals surface area contributed by atoms with Gasteiger partial charge in [0.2, 0.25) is 0 Å². The topological polar surface area (TPSA) is 20.3 Å². The molecule has 10 heavy (non-hydrogen) atoms. The van der Waals surface area contributed by atoms with Crippen LogP contribution in [0.15, 0.2) is 0 Å². The number of ketones is 1. The van der Waals surface area contributed by atoms with Gasteiger partial charge in [0, 0.05) is 30.3 Å². The molecule has 2 nitrogen and oxygen atoms in total. The Morgan fingerprint density at radius 2 is 2.00 bits per heavy atom. The predicted octanol–water partition coefficient (Wildman–Crippen LogP) is 0.812. The van der Waals surface area contributed by atoms with Gasteiger partial charge in [-0.05, 0) is 19.9 Å². The second-order valence-electron chi connectivity index (χ2n) is 2.89. The van der Waals surface area contributed by atoms with Crippen LogP contribution in [-0.2, 0) is 4.79 Å². The van der Waals surface area contributed by atoms with Crippen LogP contribution in [0.3, 0.4) is 0 Å². The van der Waals surface area contributed by atoms with E-state index in [-0.39, 0.29) is 0 Å². The van der Waals surface area contributed by atoms with Crippen LogP contribution < -0.4 is 0 Å². The highest BCUT2D eigenvalue weighted by Gasteiger charge is 2.37. The minimum absolute atomic E-state index is 0.441. The Morgan fingerprint density at radius 3 is 2.50 bits per heavy atom. The number of fused-ring (bicyclic) bond motifs is 2. The number of hydrogen-bond acceptors (Lipinski definition) is 2. The van der Waals surface area contributed by atoms with Crippen LogP contribution in [0.5, 0.6) is 0 Å². The fourth-order valence-electron chi connectivity index (χ4n) is 1.63.